The molecule has 0 radical (unpaired) electrons. The zero-order valence-electron chi connectivity index (χ0n) is 19.0. The molecule has 1 amide bonds. The van der Waals surface area contributed by atoms with Crippen LogP contribution in [0.4, 0.5) is 5.82 Å². The van der Waals surface area contributed by atoms with Crippen LogP contribution < -0.4 is 9.64 Å². The molecule has 166 valence electrons. The number of nitrogens with zero attached hydrogens (tertiary/aromatic N) is 3. The van der Waals surface area contributed by atoms with Crippen LogP contribution in [0.1, 0.15) is 15.9 Å². The molecule has 1 saturated heterocycles. The molecule has 5 nitrogen and oxygen atoms in total. The maximum Gasteiger partial charge on any atom is 0.253 e. The Morgan fingerprint density at radius 2 is 1.55 bits per heavy atom. The van der Waals surface area contributed by atoms with E-state index < -0.39 is 0 Å². The molecule has 0 saturated carbocycles. The number of ether oxygens (including phenoxy) is 1. The number of methoxy groups -OCH3 is 1. The predicted octanol–water partition coefficient (Wildman–Crippen LogP) is 5.18. The summed E-state index contributed by atoms with van der Waals surface area (Å²) in [5.74, 6) is 1.80. The number of amides is 1. The number of aryl methyl sites for hydroxylation is 1. The van der Waals surface area contributed by atoms with Gasteiger partial charge in [0.05, 0.1) is 7.11 Å². The molecule has 0 atom stereocenters. The van der Waals surface area contributed by atoms with Crippen molar-refractivity contribution in [3.63, 3.8) is 0 Å². The normalized spacial score (nSPS) is 13.9. The summed E-state index contributed by atoms with van der Waals surface area (Å²) in [6, 6.07) is 26.2. The second kappa shape index (κ2) is 8.94. The molecular weight excluding hydrogens is 410 g/mol. The third-order valence-electron chi connectivity index (χ3n) is 6.35. The molecule has 1 fully saturated rings. The highest BCUT2D eigenvalue weighted by Gasteiger charge is 2.23. The largest absolute Gasteiger partial charge is 0.494 e. The SMILES string of the molecule is COc1cccc2c(C)cc(N3CCN(C(=O)c4ccc(-c5ccccc5)cc4)CC3)nc12. The van der Waals surface area contributed by atoms with E-state index in [4.69, 9.17) is 9.72 Å². The van der Waals surface area contributed by atoms with Gasteiger partial charge in [-0.2, -0.15) is 0 Å². The Labute approximate surface area is 194 Å². The topological polar surface area (TPSA) is 45.7 Å². The Hall–Kier alpha value is -3.86. The lowest BCUT2D eigenvalue weighted by Gasteiger charge is -2.35. The Bertz CT molecular complexity index is 1280. The van der Waals surface area contributed by atoms with Crippen molar-refractivity contribution in [3.8, 4) is 16.9 Å². The number of carbonyl (C=O) groups is 1. The fourth-order valence-corrected chi connectivity index (χ4v) is 4.46. The van der Waals surface area contributed by atoms with E-state index in [1.807, 2.05) is 59.5 Å². The minimum absolute atomic E-state index is 0.0820. The Kier molecular flexibility index (Phi) is 5.69. The van der Waals surface area contributed by atoms with E-state index >= 15 is 0 Å². The summed E-state index contributed by atoms with van der Waals surface area (Å²) in [5.41, 5.74) is 5.05. The van der Waals surface area contributed by atoms with Crippen molar-refractivity contribution >= 4 is 22.6 Å². The van der Waals surface area contributed by atoms with Crippen molar-refractivity contribution < 1.29 is 9.53 Å². The standard InChI is InChI=1S/C28H27N3O2/c1-20-19-26(29-27-24(20)9-6-10-25(27)33-2)30-15-17-31(18-16-30)28(32)23-13-11-22(12-14-23)21-7-4-3-5-8-21/h3-14,19H,15-18H2,1-2H3. The van der Waals surface area contributed by atoms with Gasteiger partial charge in [0.1, 0.15) is 17.1 Å². The number of hydrogen-bond acceptors (Lipinski definition) is 4. The Morgan fingerprint density at radius 1 is 0.848 bits per heavy atom. The van der Waals surface area contributed by atoms with Gasteiger partial charge in [0.2, 0.25) is 0 Å². The number of benzene rings is 3. The van der Waals surface area contributed by atoms with E-state index in [1.54, 1.807) is 7.11 Å². The molecular formula is C28H27N3O2. The van der Waals surface area contributed by atoms with E-state index in [-0.39, 0.29) is 5.91 Å². The third kappa shape index (κ3) is 4.14. The minimum atomic E-state index is 0.0820. The van der Waals surface area contributed by atoms with Crippen LogP contribution in [0.3, 0.4) is 0 Å². The van der Waals surface area contributed by atoms with Crippen LogP contribution in [0.25, 0.3) is 22.0 Å². The van der Waals surface area contributed by atoms with Crippen molar-refractivity contribution in [2.75, 3.05) is 38.2 Å². The number of pyridine rings is 1. The van der Waals surface area contributed by atoms with Gasteiger partial charge in [-0.1, -0.05) is 54.6 Å². The highest BCUT2D eigenvalue weighted by molar-refractivity contribution is 5.95. The van der Waals surface area contributed by atoms with E-state index in [9.17, 15) is 4.79 Å². The van der Waals surface area contributed by atoms with Crippen LogP contribution >= 0.6 is 0 Å². The quantitative estimate of drug-likeness (QED) is 0.441. The first kappa shape index (κ1) is 21.0. The molecule has 33 heavy (non-hydrogen) atoms. The predicted molar refractivity (Wildman–Crippen MR) is 133 cm³/mol. The second-order valence-electron chi connectivity index (χ2n) is 8.38. The molecule has 0 aliphatic carbocycles. The minimum Gasteiger partial charge on any atom is -0.494 e. The van der Waals surface area contributed by atoms with Crippen molar-refractivity contribution in [1.29, 1.82) is 0 Å². The van der Waals surface area contributed by atoms with Gasteiger partial charge >= 0.3 is 0 Å². The molecule has 0 spiro atoms. The van der Waals surface area contributed by atoms with Gasteiger partial charge in [0.25, 0.3) is 5.91 Å². The highest BCUT2D eigenvalue weighted by atomic mass is 16.5. The summed E-state index contributed by atoms with van der Waals surface area (Å²) in [5, 5.41) is 1.10. The molecule has 1 aliphatic heterocycles. The molecule has 5 rings (SSSR count). The number of piperazine rings is 1. The number of aromatic nitrogens is 1. The first-order valence-electron chi connectivity index (χ1n) is 11.3. The van der Waals surface area contributed by atoms with E-state index in [0.29, 0.717) is 13.1 Å². The summed E-state index contributed by atoms with van der Waals surface area (Å²) in [4.78, 5) is 22.2. The van der Waals surface area contributed by atoms with E-state index in [0.717, 1.165) is 52.3 Å². The lowest BCUT2D eigenvalue weighted by Crippen LogP contribution is -2.49. The first-order chi connectivity index (χ1) is 16.1. The van der Waals surface area contributed by atoms with Gasteiger partial charge in [-0.15, -0.1) is 0 Å². The van der Waals surface area contributed by atoms with Gasteiger partial charge in [0, 0.05) is 37.1 Å². The molecule has 5 heteroatoms. The fraction of sp³-hybridized carbons (Fsp3) is 0.214. The maximum absolute atomic E-state index is 13.1. The van der Waals surface area contributed by atoms with Crippen LogP contribution in [0.5, 0.6) is 5.75 Å². The van der Waals surface area contributed by atoms with Crippen molar-refractivity contribution in [2.45, 2.75) is 6.92 Å². The molecule has 1 aliphatic rings. The van der Waals surface area contributed by atoms with E-state index in [2.05, 4.69) is 36.1 Å². The van der Waals surface area contributed by atoms with Crippen LogP contribution in [0.2, 0.25) is 0 Å². The Balaban J connectivity index is 1.29. The average Bonchev–Trinajstić information content (AvgIpc) is 2.88. The number of anilines is 1. The molecule has 0 N–H and O–H groups in total. The van der Waals surface area contributed by atoms with Crippen molar-refractivity contribution in [3.05, 3.63) is 90.0 Å². The van der Waals surface area contributed by atoms with Gasteiger partial charge in [-0.25, -0.2) is 4.98 Å². The molecule has 0 unspecified atom stereocenters. The summed E-state index contributed by atoms with van der Waals surface area (Å²) < 4.78 is 5.52. The number of fused-ring (bicyclic) bond motifs is 1. The lowest BCUT2D eigenvalue weighted by atomic mass is 10.0. The zero-order chi connectivity index (χ0) is 22.8. The monoisotopic (exact) mass is 437 g/mol. The number of hydrogen-bond donors (Lipinski definition) is 0. The number of rotatable bonds is 4. The maximum atomic E-state index is 13.1. The van der Waals surface area contributed by atoms with Gasteiger partial charge in [-0.05, 0) is 47.9 Å². The second-order valence-corrected chi connectivity index (χ2v) is 8.38. The molecule has 1 aromatic heterocycles. The van der Waals surface area contributed by atoms with Gasteiger partial charge < -0.3 is 14.5 Å². The summed E-state index contributed by atoms with van der Waals surface area (Å²) in [6.45, 7) is 4.95. The number of carbonyl (C=O) groups excluding carboxylic acids is 1. The molecule has 0 bridgehead atoms. The van der Waals surface area contributed by atoms with Crippen LogP contribution in [-0.4, -0.2) is 49.1 Å². The average molecular weight is 438 g/mol. The smallest absolute Gasteiger partial charge is 0.253 e. The first-order valence-corrected chi connectivity index (χ1v) is 11.3. The van der Waals surface area contributed by atoms with E-state index in [1.165, 1.54) is 5.56 Å². The lowest BCUT2D eigenvalue weighted by molar-refractivity contribution is 0.0746. The van der Waals surface area contributed by atoms with Crippen LogP contribution in [0, 0.1) is 6.92 Å². The van der Waals surface area contributed by atoms with Crippen LogP contribution in [0.15, 0.2) is 78.9 Å². The number of para-hydroxylation sites is 1. The van der Waals surface area contributed by atoms with Crippen LogP contribution in [-0.2, 0) is 0 Å². The van der Waals surface area contributed by atoms with Crippen molar-refractivity contribution in [1.82, 2.24) is 9.88 Å². The summed E-state index contributed by atoms with van der Waals surface area (Å²) in [7, 11) is 1.68. The molecule has 2 heterocycles. The zero-order valence-corrected chi connectivity index (χ0v) is 19.0. The molecule has 3 aromatic carbocycles. The highest BCUT2D eigenvalue weighted by Crippen LogP contribution is 2.29. The van der Waals surface area contributed by atoms with Gasteiger partial charge in [0.15, 0.2) is 0 Å². The third-order valence-corrected chi connectivity index (χ3v) is 6.35. The fourth-order valence-electron chi connectivity index (χ4n) is 4.46. The summed E-state index contributed by atoms with van der Waals surface area (Å²) >= 11 is 0. The molecule has 4 aromatic rings. The summed E-state index contributed by atoms with van der Waals surface area (Å²) in [6.07, 6.45) is 0. The van der Waals surface area contributed by atoms with Gasteiger partial charge in [-0.3, -0.25) is 4.79 Å². The Morgan fingerprint density at radius 3 is 2.24 bits per heavy atom. The van der Waals surface area contributed by atoms with Crippen molar-refractivity contribution in [2.24, 2.45) is 0 Å².